The van der Waals surface area contributed by atoms with Crippen LogP contribution in [0.4, 0.5) is 5.69 Å². The van der Waals surface area contributed by atoms with Crippen molar-refractivity contribution in [2.75, 3.05) is 12.4 Å². The van der Waals surface area contributed by atoms with Crippen molar-refractivity contribution in [2.24, 2.45) is 0 Å². The minimum atomic E-state index is -0.222. The zero-order valence-electron chi connectivity index (χ0n) is 10.7. The van der Waals surface area contributed by atoms with E-state index < -0.39 is 0 Å². The minimum Gasteiger partial charge on any atom is -0.355 e. The van der Waals surface area contributed by atoms with Gasteiger partial charge in [0.1, 0.15) is 0 Å². The van der Waals surface area contributed by atoms with Gasteiger partial charge < -0.3 is 10.6 Å². The molecule has 0 radical (unpaired) electrons. The molecule has 0 aromatic heterocycles. The van der Waals surface area contributed by atoms with Gasteiger partial charge in [0.15, 0.2) is 0 Å². The van der Waals surface area contributed by atoms with E-state index in [1.807, 2.05) is 13.8 Å². The molecule has 1 aromatic rings. The molecule has 0 aliphatic carbocycles. The molecule has 1 atom stereocenters. The number of amides is 2. The van der Waals surface area contributed by atoms with Crippen LogP contribution in [0.3, 0.4) is 0 Å². The van der Waals surface area contributed by atoms with Crippen molar-refractivity contribution in [3.05, 3.63) is 29.3 Å². The summed E-state index contributed by atoms with van der Waals surface area (Å²) in [5, 5.41) is 5.39. The highest BCUT2D eigenvalue weighted by Gasteiger charge is 2.15. The highest BCUT2D eigenvalue weighted by Crippen LogP contribution is 2.20. The lowest BCUT2D eigenvalue weighted by molar-refractivity contribution is -0.115. The molecular weight excluding hydrogens is 296 g/mol. The molecule has 4 nitrogen and oxygen atoms in total. The van der Waals surface area contributed by atoms with Gasteiger partial charge in [-0.3, -0.25) is 9.59 Å². The number of alkyl halides is 1. The highest BCUT2D eigenvalue weighted by atomic mass is 79.9. The molecule has 0 saturated carbocycles. The van der Waals surface area contributed by atoms with Crippen LogP contribution in [-0.2, 0) is 4.79 Å². The monoisotopic (exact) mass is 312 g/mol. The Labute approximate surface area is 115 Å². The van der Waals surface area contributed by atoms with Gasteiger partial charge in [0.05, 0.1) is 4.83 Å². The summed E-state index contributed by atoms with van der Waals surface area (Å²) in [6.07, 6.45) is 0.708. The number of hydrogen-bond donors (Lipinski definition) is 2. The van der Waals surface area contributed by atoms with Crippen molar-refractivity contribution in [1.29, 1.82) is 0 Å². The number of carbonyl (C=O) groups is 2. The third-order valence-electron chi connectivity index (χ3n) is 2.71. The number of benzene rings is 1. The molecule has 0 bridgehead atoms. The summed E-state index contributed by atoms with van der Waals surface area (Å²) in [5.41, 5.74) is 2.00. The van der Waals surface area contributed by atoms with E-state index in [0.29, 0.717) is 17.7 Å². The second-order valence-corrected chi connectivity index (χ2v) is 5.03. The van der Waals surface area contributed by atoms with Crippen molar-refractivity contribution >= 4 is 33.4 Å². The van der Waals surface area contributed by atoms with E-state index in [9.17, 15) is 9.59 Å². The van der Waals surface area contributed by atoms with Crippen LogP contribution in [0, 0.1) is 6.92 Å². The predicted octanol–water partition coefficient (Wildman–Crippen LogP) is 2.47. The first-order valence-electron chi connectivity index (χ1n) is 5.77. The molecular formula is C13H17BrN2O2. The van der Waals surface area contributed by atoms with Crippen LogP contribution in [0.5, 0.6) is 0 Å². The number of halogens is 1. The van der Waals surface area contributed by atoms with Gasteiger partial charge in [-0.2, -0.15) is 0 Å². The van der Waals surface area contributed by atoms with Crippen LogP contribution in [-0.4, -0.2) is 23.7 Å². The third-order valence-corrected chi connectivity index (χ3v) is 3.77. The Bertz CT molecular complexity index is 460. The quantitative estimate of drug-likeness (QED) is 0.839. The van der Waals surface area contributed by atoms with Gasteiger partial charge in [0, 0.05) is 18.3 Å². The Hall–Kier alpha value is -1.36. The van der Waals surface area contributed by atoms with E-state index in [2.05, 4.69) is 26.6 Å². The first-order valence-corrected chi connectivity index (χ1v) is 6.69. The molecule has 2 N–H and O–H groups in total. The van der Waals surface area contributed by atoms with Gasteiger partial charge in [-0.05, 0) is 31.0 Å². The average Bonchev–Trinajstić information content (AvgIpc) is 2.39. The maximum absolute atomic E-state index is 11.8. The van der Waals surface area contributed by atoms with E-state index in [4.69, 9.17) is 0 Å². The van der Waals surface area contributed by atoms with E-state index >= 15 is 0 Å². The van der Waals surface area contributed by atoms with Crippen molar-refractivity contribution in [3.63, 3.8) is 0 Å². The van der Waals surface area contributed by atoms with Crippen LogP contribution in [0.15, 0.2) is 18.2 Å². The van der Waals surface area contributed by atoms with E-state index in [0.717, 1.165) is 5.56 Å². The molecule has 1 aromatic carbocycles. The fourth-order valence-electron chi connectivity index (χ4n) is 1.55. The molecule has 0 aliphatic rings. The maximum Gasteiger partial charge on any atom is 0.251 e. The molecule has 0 heterocycles. The lowest BCUT2D eigenvalue weighted by atomic mass is 10.1. The second-order valence-electron chi connectivity index (χ2n) is 3.92. The standard InChI is InChI=1S/C13H17BrN2O2/c1-4-10(14)13(18)16-11-7-5-6-9(8(11)2)12(17)15-3/h5-7,10H,4H2,1-3H3,(H,15,17)(H,16,18). The van der Waals surface area contributed by atoms with Gasteiger partial charge in [0.2, 0.25) is 5.91 Å². The molecule has 1 rings (SSSR count). The molecule has 0 aliphatic heterocycles. The number of carbonyl (C=O) groups excluding carboxylic acids is 2. The topological polar surface area (TPSA) is 58.2 Å². The van der Waals surface area contributed by atoms with Crippen LogP contribution < -0.4 is 10.6 Å². The summed E-state index contributed by atoms with van der Waals surface area (Å²) in [6, 6.07) is 5.27. The van der Waals surface area contributed by atoms with Gasteiger partial charge >= 0.3 is 0 Å². The number of anilines is 1. The first-order chi connectivity index (χ1) is 8.51. The maximum atomic E-state index is 11.8. The van der Waals surface area contributed by atoms with Crippen molar-refractivity contribution < 1.29 is 9.59 Å². The summed E-state index contributed by atoms with van der Waals surface area (Å²) < 4.78 is 0. The normalized spacial score (nSPS) is 11.8. The molecule has 0 spiro atoms. The van der Waals surface area contributed by atoms with Crippen LogP contribution in [0.2, 0.25) is 0 Å². The number of rotatable bonds is 4. The SMILES string of the molecule is CCC(Br)C(=O)Nc1cccc(C(=O)NC)c1C. The Morgan fingerprint density at radius 3 is 2.61 bits per heavy atom. The van der Waals surface area contributed by atoms with Crippen LogP contribution in [0.25, 0.3) is 0 Å². The fraction of sp³-hybridized carbons (Fsp3) is 0.385. The summed E-state index contributed by atoms with van der Waals surface area (Å²) in [5.74, 6) is -0.260. The summed E-state index contributed by atoms with van der Waals surface area (Å²) in [4.78, 5) is 23.2. The fourth-order valence-corrected chi connectivity index (χ4v) is 1.66. The van der Waals surface area contributed by atoms with Gasteiger partial charge in [0.25, 0.3) is 5.91 Å². The zero-order valence-corrected chi connectivity index (χ0v) is 12.3. The molecule has 0 fully saturated rings. The molecule has 2 amide bonds. The van der Waals surface area contributed by atoms with Crippen molar-refractivity contribution in [2.45, 2.75) is 25.1 Å². The lowest BCUT2D eigenvalue weighted by Crippen LogP contribution is -2.24. The van der Waals surface area contributed by atoms with Gasteiger partial charge in [-0.15, -0.1) is 0 Å². The molecule has 98 valence electrons. The number of hydrogen-bond acceptors (Lipinski definition) is 2. The second kappa shape index (κ2) is 6.54. The lowest BCUT2D eigenvalue weighted by Gasteiger charge is -2.13. The van der Waals surface area contributed by atoms with Gasteiger partial charge in [-0.25, -0.2) is 0 Å². The molecule has 1 unspecified atom stereocenters. The Kier molecular flexibility index (Phi) is 5.34. The van der Waals surface area contributed by atoms with Crippen molar-refractivity contribution in [3.8, 4) is 0 Å². The van der Waals surface area contributed by atoms with Gasteiger partial charge in [-0.1, -0.05) is 28.9 Å². The summed E-state index contributed by atoms with van der Waals surface area (Å²) >= 11 is 3.29. The first kappa shape index (κ1) is 14.7. The molecule has 0 saturated heterocycles. The molecule has 18 heavy (non-hydrogen) atoms. The largest absolute Gasteiger partial charge is 0.355 e. The van der Waals surface area contributed by atoms with Crippen LogP contribution in [0.1, 0.15) is 29.3 Å². The highest BCUT2D eigenvalue weighted by molar-refractivity contribution is 9.10. The zero-order chi connectivity index (χ0) is 13.7. The van der Waals surface area contributed by atoms with Crippen molar-refractivity contribution in [1.82, 2.24) is 5.32 Å². The van der Waals surface area contributed by atoms with E-state index in [1.165, 1.54) is 0 Å². The van der Waals surface area contributed by atoms with E-state index in [-0.39, 0.29) is 16.6 Å². The Balaban J connectivity index is 2.98. The van der Waals surface area contributed by atoms with Crippen LogP contribution >= 0.6 is 15.9 Å². The minimum absolute atomic E-state index is 0.102. The summed E-state index contributed by atoms with van der Waals surface area (Å²) in [6.45, 7) is 3.74. The third kappa shape index (κ3) is 3.32. The average molecular weight is 313 g/mol. The Morgan fingerprint density at radius 1 is 1.39 bits per heavy atom. The summed E-state index contributed by atoms with van der Waals surface area (Å²) in [7, 11) is 1.58. The smallest absolute Gasteiger partial charge is 0.251 e. The Morgan fingerprint density at radius 2 is 2.06 bits per heavy atom. The predicted molar refractivity (Wildman–Crippen MR) is 76.2 cm³/mol. The molecule has 5 heteroatoms. The number of nitrogens with one attached hydrogen (secondary N) is 2. The van der Waals surface area contributed by atoms with E-state index in [1.54, 1.807) is 25.2 Å².